The Bertz CT molecular complexity index is 282. The number of unbranched alkanes of at least 4 members (excludes halogenated alkanes) is 4. The largest absolute Gasteiger partial charge is 0.494 e. The third-order valence-electron chi connectivity index (χ3n) is 2.41. The van der Waals surface area contributed by atoms with Gasteiger partial charge in [-0.25, -0.2) is 0 Å². The molecule has 0 aliphatic heterocycles. The van der Waals surface area contributed by atoms with Gasteiger partial charge in [0, 0.05) is 0 Å². The fourth-order valence-electron chi connectivity index (χ4n) is 1.52. The van der Waals surface area contributed by atoms with Gasteiger partial charge in [-0.15, -0.1) is 0 Å². The highest BCUT2D eigenvalue weighted by Crippen LogP contribution is 2.10. The fourth-order valence-corrected chi connectivity index (χ4v) is 1.52. The molecule has 0 aliphatic rings. The predicted octanol–water partition coefficient (Wildman–Crippen LogP) is 3.49. The fraction of sp³-hybridized carbons (Fsp3) is 0.429. The second-order valence-corrected chi connectivity index (χ2v) is 3.79. The van der Waals surface area contributed by atoms with E-state index in [1.54, 1.807) is 6.20 Å². The van der Waals surface area contributed by atoms with Gasteiger partial charge in [-0.05, 0) is 37.6 Å². The van der Waals surface area contributed by atoms with Crippen LogP contribution < -0.4 is 10.5 Å². The summed E-state index contributed by atoms with van der Waals surface area (Å²) in [6.45, 7) is 0.816. The summed E-state index contributed by atoms with van der Waals surface area (Å²) in [6, 6.07) is 9.97. The lowest BCUT2D eigenvalue weighted by atomic mass is 10.1. The molecular weight excluding hydrogens is 198 g/mol. The Morgan fingerprint density at radius 1 is 1.00 bits per heavy atom. The van der Waals surface area contributed by atoms with Gasteiger partial charge in [0.2, 0.25) is 0 Å². The van der Waals surface area contributed by atoms with Gasteiger partial charge >= 0.3 is 0 Å². The smallest absolute Gasteiger partial charge is 0.119 e. The molecule has 1 aromatic carbocycles. The van der Waals surface area contributed by atoms with E-state index in [9.17, 15) is 0 Å². The van der Waals surface area contributed by atoms with E-state index in [2.05, 4.69) is 0 Å². The zero-order valence-electron chi connectivity index (χ0n) is 9.77. The molecule has 0 saturated heterocycles. The van der Waals surface area contributed by atoms with Crippen molar-refractivity contribution in [1.29, 1.82) is 0 Å². The molecule has 2 N–H and O–H groups in total. The number of para-hydroxylation sites is 1. The van der Waals surface area contributed by atoms with E-state index >= 15 is 0 Å². The summed E-state index contributed by atoms with van der Waals surface area (Å²) in [5.41, 5.74) is 5.25. The first-order chi connectivity index (χ1) is 7.93. The highest BCUT2D eigenvalue weighted by molar-refractivity contribution is 5.20. The molecule has 0 radical (unpaired) electrons. The number of hydrogen-bond donors (Lipinski definition) is 1. The zero-order chi connectivity index (χ0) is 11.5. The molecule has 0 aliphatic carbocycles. The van der Waals surface area contributed by atoms with Crippen LogP contribution >= 0.6 is 0 Å². The summed E-state index contributed by atoms with van der Waals surface area (Å²) < 4.78 is 5.60. The summed E-state index contributed by atoms with van der Waals surface area (Å²) in [6.07, 6.45) is 9.56. The van der Waals surface area contributed by atoms with Crippen LogP contribution in [0.15, 0.2) is 42.6 Å². The summed E-state index contributed by atoms with van der Waals surface area (Å²) in [7, 11) is 0. The molecule has 0 fully saturated rings. The molecule has 88 valence electrons. The van der Waals surface area contributed by atoms with Crippen LogP contribution in [-0.2, 0) is 0 Å². The van der Waals surface area contributed by atoms with Gasteiger partial charge in [0.15, 0.2) is 0 Å². The van der Waals surface area contributed by atoms with E-state index in [0.29, 0.717) is 0 Å². The van der Waals surface area contributed by atoms with Crippen LogP contribution in [0.5, 0.6) is 5.75 Å². The van der Waals surface area contributed by atoms with E-state index in [0.717, 1.165) is 25.2 Å². The lowest BCUT2D eigenvalue weighted by Gasteiger charge is -2.05. The number of rotatable bonds is 8. The Kier molecular flexibility index (Phi) is 6.97. The SMILES string of the molecule is NC=CCCCCCCOc1ccccc1. The number of hydrogen-bond acceptors (Lipinski definition) is 2. The molecule has 2 nitrogen and oxygen atoms in total. The number of allylic oxidation sites excluding steroid dienone is 1. The van der Waals surface area contributed by atoms with Crippen molar-refractivity contribution >= 4 is 0 Å². The van der Waals surface area contributed by atoms with E-state index in [1.165, 1.54) is 19.3 Å². The molecule has 0 saturated carbocycles. The first kappa shape index (κ1) is 12.6. The monoisotopic (exact) mass is 219 g/mol. The molecule has 0 bridgehead atoms. The Balaban J connectivity index is 1.92. The van der Waals surface area contributed by atoms with Crippen LogP contribution in [-0.4, -0.2) is 6.61 Å². The van der Waals surface area contributed by atoms with Crippen molar-refractivity contribution in [2.45, 2.75) is 32.1 Å². The van der Waals surface area contributed by atoms with Gasteiger partial charge in [0.25, 0.3) is 0 Å². The Hall–Kier alpha value is -1.44. The first-order valence-electron chi connectivity index (χ1n) is 5.98. The van der Waals surface area contributed by atoms with Crippen molar-refractivity contribution in [1.82, 2.24) is 0 Å². The minimum Gasteiger partial charge on any atom is -0.494 e. The van der Waals surface area contributed by atoms with Crippen LogP contribution in [0, 0.1) is 0 Å². The summed E-state index contributed by atoms with van der Waals surface area (Å²) in [5.74, 6) is 0.966. The summed E-state index contributed by atoms with van der Waals surface area (Å²) >= 11 is 0. The second-order valence-electron chi connectivity index (χ2n) is 3.79. The highest BCUT2D eigenvalue weighted by atomic mass is 16.5. The quantitative estimate of drug-likeness (QED) is 0.679. The van der Waals surface area contributed by atoms with Crippen molar-refractivity contribution in [2.75, 3.05) is 6.61 Å². The van der Waals surface area contributed by atoms with Crippen molar-refractivity contribution in [3.63, 3.8) is 0 Å². The summed E-state index contributed by atoms with van der Waals surface area (Å²) in [5, 5.41) is 0. The van der Waals surface area contributed by atoms with E-state index in [4.69, 9.17) is 10.5 Å². The maximum atomic E-state index is 5.60. The topological polar surface area (TPSA) is 35.2 Å². The van der Waals surface area contributed by atoms with E-state index < -0.39 is 0 Å². The Morgan fingerprint density at radius 2 is 1.75 bits per heavy atom. The highest BCUT2D eigenvalue weighted by Gasteiger charge is 1.92. The van der Waals surface area contributed by atoms with Gasteiger partial charge in [0.1, 0.15) is 5.75 Å². The van der Waals surface area contributed by atoms with E-state index in [-0.39, 0.29) is 0 Å². The molecule has 0 atom stereocenters. The maximum Gasteiger partial charge on any atom is 0.119 e. The van der Waals surface area contributed by atoms with Crippen LogP contribution in [0.2, 0.25) is 0 Å². The molecule has 0 unspecified atom stereocenters. The summed E-state index contributed by atoms with van der Waals surface area (Å²) in [4.78, 5) is 0. The third-order valence-corrected chi connectivity index (χ3v) is 2.41. The van der Waals surface area contributed by atoms with Crippen molar-refractivity contribution in [3.8, 4) is 5.75 Å². The molecule has 0 spiro atoms. The van der Waals surface area contributed by atoms with Crippen molar-refractivity contribution in [2.24, 2.45) is 5.73 Å². The van der Waals surface area contributed by atoms with Crippen molar-refractivity contribution in [3.05, 3.63) is 42.6 Å². The predicted molar refractivity (Wildman–Crippen MR) is 68.3 cm³/mol. The zero-order valence-corrected chi connectivity index (χ0v) is 9.77. The average molecular weight is 219 g/mol. The third kappa shape index (κ3) is 6.12. The number of ether oxygens (including phenoxy) is 1. The van der Waals surface area contributed by atoms with Crippen molar-refractivity contribution < 1.29 is 4.74 Å². The van der Waals surface area contributed by atoms with Crippen LogP contribution in [0.4, 0.5) is 0 Å². The lowest BCUT2D eigenvalue weighted by Crippen LogP contribution is -1.96. The van der Waals surface area contributed by atoms with Gasteiger partial charge in [0.05, 0.1) is 6.61 Å². The Labute approximate surface area is 98.1 Å². The lowest BCUT2D eigenvalue weighted by molar-refractivity contribution is 0.305. The van der Waals surface area contributed by atoms with Gasteiger partial charge < -0.3 is 10.5 Å². The standard InChI is InChI=1S/C14H21NO/c15-12-8-3-1-2-4-9-13-16-14-10-6-5-7-11-14/h5-8,10-12H,1-4,9,13,15H2. The molecule has 1 rings (SSSR count). The molecule has 1 aromatic rings. The second kappa shape index (κ2) is 8.84. The first-order valence-corrected chi connectivity index (χ1v) is 5.98. The van der Waals surface area contributed by atoms with Gasteiger partial charge in [-0.2, -0.15) is 0 Å². The van der Waals surface area contributed by atoms with Gasteiger partial charge in [-0.1, -0.05) is 37.1 Å². The number of nitrogens with two attached hydrogens (primary N) is 1. The molecule has 0 aromatic heterocycles. The van der Waals surface area contributed by atoms with Crippen LogP contribution in [0.25, 0.3) is 0 Å². The van der Waals surface area contributed by atoms with Gasteiger partial charge in [-0.3, -0.25) is 0 Å². The number of benzene rings is 1. The molecular formula is C14H21NO. The molecule has 0 heterocycles. The minimum absolute atomic E-state index is 0.816. The molecule has 16 heavy (non-hydrogen) atoms. The Morgan fingerprint density at radius 3 is 2.50 bits per heavy atom. The van der Waals surface area contributed by atoms with Crippen LogP contribution in [0.1, 0.15) is 32.1 Å². The van der Waals surface area contributed by atoms with Crippen LogP contribution in [0.3, 0.4) is 0 Å². The maximum absolute atomic E-state index is 5.60. The normalized spacial score (nSPS) is 10.8. The molecule has 0 amide bonds. The van der Waals surface area contributed by atoms with E-state index in [1.807, 2.05) is 36.4 Å². The minimum atomic E-state index is 0.816. The molecule has 2 heteroatoms. The average Bonchev–Trinajstić information content (AvgIpc) is 2.34.